The number of benzene rings is 2. The molecular weight excluding hydrogens is 358 g/mol. The number of H-pyrrole nitrogens is 1. The molecular formula is C20H23N5OS. The predicted octanol–water partition coefficient (Wildman–Crippen LogP) is 3.61. The molecule has 27 heavy (non-hydrogen) atoms. The lowest BCUT2D eigenvalue weighted by atomic mass is 10.1. The van der Waals surface area contributed by atoms with Crippen LogP contribution in [-0.2, 0) is 0 Å². The molecule has 0 aliphatic carbocycles. The number of hydrazine groups is 1. The molecule has 1 saturated heterocycles. The third-order valence-electron chi connectivity index (χ3n) is 4.36. The van der Waals surface area contributed by atoms with Crippen molar-refractivity contribution in [1.82, 2.24) is 20.8 Å². The van der Waals surface area contributed by atoms with Crippen LogP contribution < -0.4 is 15.6 Å². The van der Waals surface area contributed by atoms with Gasteiger partial charge in [-0.1, -0.05) is 30.3 Å². The predicted molar refractivity (Wildman–Crippen MR) is 112 cm³/mol. The summed E-state index contributed by atoms with van der Waals surface area (Å²) in [5.41, 5.74) is 9.30. The molecule has 3 N–H and O–H groups in total. The topological polar surface area (TPSA) is 64.7 Å². The second-order valence-corrected chi connectivity index (χ2v) is 7.21. The van der Waals surface area contributed by atoms with Gasteiger partial charge in [-0.25, -0.2) is 15.9 Å². The number of aromatic nitrogens is 1. The van der Waals surface area contributed by atoms with E-state index in [1.807, 2.05) is 67.7 Å². The molecule has 3 aromatic rings. The number of hydrazone groups is 1. The summed E-state index contributed by atoms with van der Waals surface area (Å²) >= 11 is 4.58. The van der Waals surface area contributed by atoms with E-state index in [1.165, 1.54) is 0 Å². The normalized spacial score (nSPS) is 20.2. The van der Waals surface area contributed by atoms with Crippen LogP contribution in [0.25, 0.3) is 10.9 Å². The van der Waals surface area contributed by atoms with Crippen LogP contribution in [0.2, 0.25) is 0 Å². The number of rotatable bonds is 5. The van der Waals surface area contributed by atoms with Gasteiger partial charge in [-0.05, 0) is 37.6 Å². The van der Waals surface area contributed by atoms with Gasteiger partial charge in [0, 0.05) is 22.7 Å². The molecule has 1 fully saturated rings. The van der Waals surface area contributed by atoms with Crippen molar-refractivity contribution in [3.05, 3.63) is 65.9 Å². The van der Waals surface area contributed by atoms with Crippen LogP contribution in [0.15, 0.2) is 59.8 Å². The van der Waals surface area contributed by atoms with Gasteiger partial charge in [0.2, 0.25) is 0 Å². The van der Waals surface area contributed by atoms with E-state index in [4.69, 9.17) is 9.84 Å². The van der Waals surface area contributed by atoms with Crippen molar-refractivity contribution in [2.45, 2.75) is 31.6 Å². The maximum Gasteiger partial charge on any atom is 0.156 e. The van der Waals surface area contributed by atoms with E-state index < -0.39 is 0 Å². The second-order valence-electron chi connectivity index (χ2n) is 6.72. The molecule has 2 aromatic carbocycles. The molecule has 6 nitrogen and oxygen atoms in total. The molecule has 0 radical (unpaired) electrons. The summed E-state index contributed by atoms with van der Waals surface area (Å²) in [5.74, 6) is 0.840. The zero-order valence-corrected chi connectivity index (χ0v) is 16.1. The third kappa shape index (κ3) is 3.80. The van der Waals surface area contributed by atoms with Gasteiger partial charge in [-0.3, -0.25) is 0 Å². The molecule has 0 bridgehead atoms. The molecule has 0 amide bonds. The summed E-state index contributed by atoms with van der Waals surface area (Å²) in [6, 6.07) is 16.2. The van der Waals surface area contributed by atoms with E-state index in [9.17, 15) is 0 Å². The van der Waals surface area contributed by atoms with Crippen molar-refractivity contribution in [1.29, 1.82) is 0 Å². The van der Waals surface area contributed by atoms with E-state index in [0.29, 0.717) is 0 Å². The van der Waals surface area contributed by atoms with Crippen molar-refractivity contribution in [3.63, 3.8) is 0 Å². The Morgan fingerprint density at radius 2 is 2.00 bits per heavy atom. The zero-order chi connectivity index (χ0) is 18.8. The van der Waals surface area contributed by atoms with Gasteiger partial charge in [-0.15, -0.1) is 12.6 Å². The zero-order valence-electron chi connectivity index (χ0n) is 15.3. The molecule has 2 atom stereocenters. The highest BCUT2D eigenvalue weighted by Gasteiger charge is 2.31. The smallest absolute Gasteiger partial charge is 0.156 e. The fourth-order valence-electron chi connectivity index (χ4n) is 3.15. The largest absolute Gasteiger partial charge is 0.491 e. The number of hydrogen-bond acceptors (Lipinski definition) is 6. The fourth-order valence-corrected chi connectivity index (χ4v) is 3.42. The van der Waals surface area contributed by atoms with Crippen molar-refractivity contribution >= 4 is 29.7 Å². The van der Waals surface area contributed by atoms with Crippen LogP contribution in [0.1, 0.15) is 31.1 Å². The Morgan fingerprint density at radius 3 is 2.85 bits per heavy atom. The third-order valence-corrected chi connectivity index (χ3v) is 4.73. The highest BCUT2D eigenvalue weighted by atomic mass is 32.1. The van der Waals surface area contributed by atoms with E-state index in [2.05, 4.69) is 40.6 Å². The minimum atomic E-state index is -0.244. The fraction of sp³-hybridized carbons (Fsp3) is 0.250. The maximum atomic E-state index is 5.82. The van der Waals surface area contributed by atoms with Gasteiger partial charge in [0.15, 0.2) is 5.50 Å². The van der Waals surface area contributed by atoms with Crippen LogP contribution in [-0.4, -0.2) is 27.8 Å². The lowest BCUT2D eigenvalue weighted by Crippen LogP contribution is -2.28. The lowest BCUT2D eigenvalue weighted by Gasteiger charge is -2.23. The minimum absolute atomic E-state index is 0.128. The lowest BCUT2D eigenvalue weighted by molar-refractivity contribution is 0.234. The first kappa shape index (κ1) is 17.9. The van der Waals surface area contributed by atoms with Crippen LogP contribution in [0.4, 0.5) is 0 Å². The number of nitrogens with zero attached hydrogens (tertiary/aromatic N) is 2. The first-order chi connectivity index (χ1) is 13.1. The van der Waals surface area contributed by atoms with Gasteiger partial charge in [-0.2, -0.15) is 5.10 Å². The monoisotopic (exact) mass is 381 g/mol. The molecule has 7 heteroatoms. The van der Waals surface area contributed by atoms with E-state index in [0.717, 1.165) is 27.8 Å². The van der Waals surface area contributed by atoms with Gasteiger partial charge in [0.1, 0.15) is 11.9 Å². The van der Waals surface area contributed by atoms with Crippen LogP contribution in [0.3, 0.4) is 0 Å². The Morgan fingerprint density at radius 1 is 1.15 bits per heavy atom. The Kier molecular flexibility index (Phi) is 5.07. The Balaban J connectivity index is 1.59. The average Bonchev–Trinajstić information content (AvgIpc) is 3.23. The molecule has 1 aromatic heterocycles. The van der Waals surface area contributed by atoms with Crippen molar-refractivity contribution in [2.24, 2.45) is 5.10 Å². The number of hydrogen-bond donors (Lipinski definition) is 4. The van der Waals surface area contributed by atoms with Crippen molar-refractivity contribution < 1.29 is 4.74 Å². The molecule has 4 rings (SSSR count). The van der Waals surface area contributed by atoms with Gasteiger partial charge in [0.05, 0.1) is 12.3 Å². The summed E-state index contributed by atoms with van der Waals surface area (Å²) in [6.45, 7) is 4.03. The van der Waals surface area contributed by atoms with E-state index in [1.54, 1.807) is 0 Å². The van der Waals surface area contributed by atoms with Crippen LogP contribution in [0.5, 0.6) is 5.75 Å². The molecule has 2 unspecified atom stereocenters. The molecule has 0 saturated carbocycles. The summed E-state index contributed by atoms with van der Waals surface area (Å²) in [6.07, 6.45) is 3.80. The van der Waals surface area contributed by atoms with Gasteiger partial charge in [0.25, 0.3) is 0 Å². The summed E-state index contributed by atoms with van der Waals surface area (Å²) < 4.78 is 5.82. The summed E-state index contributed by atoms with van der Waals surface area (Å²) in [5, 5.41) is 7.72. The number of para-hydroxylation sites is 1. The van der Waals surface area contributed by atoms with E-state index >= 15 is 0 Å². The number of thiol groups is 1. The van der Waals surface area contributed by atoms with Crippen LogP contribution >= 0.6 is 12.6 Å². The Labute approximate surface area is 164 Å². The quantitative estimate of drug-likeness (QED) is 0.403. The summed E-state index contributed by atoms with van der Waals surface area (Å²) in [4.78, 5) is 3.27. The maximum absolute atomic E-state index is 5.82. The molecule has 0 spiro atoms. The summed E-state index contributed by atoms with van der Waals surface area (Å²) in [7, 11) is 0. The Hall–Kier alpha value is -2.48. The molecule has 1 aliphatic rings. The standard InChI is InChI=1S/C20H23N5OS/c1-13(2)26-16-7-5-6-14(10-16)19-23-24-20(27)25(19)22-12-15-11-21-18-9-4-3-8-17(15)18/h3-13,19-21,23-24,27H,1-2H3/b22-12+. The first-order valence-electron chi connectivity index (χ1n) is 8.96. The SMILES string of the molecule is CC(C)Oc1cccc(C2NNC(S)N2/N=C/c2c[nH]c3ccccc23)c1. The number of fused-ring (bicyclic) bond motifs is 1. The Bertz CT molecular complexity index is 954. The van der Waals surface area contributed by atoms with Gasteiger partial charge >= 0.3 is 0 Å². The van der Waals surface area contributed by atoms with Crippen molar-refractivity contribution in [3.8, 4) is 5.75 Å². The number of aromatic amines is 1. The molecule has 1 aliphatic heterocycles. The molecule has 140 valence electrons. The van der Waals surface area contributed by atoms with E-state index in [-0.39, 0.29) is 17.8 Å². The van der Waals surface area contributed by atoms with Gasteiger partial charge < -0.3 is 9.72 Å². The highest BCUT2D eigenvalue weighted by Crippen LogP contribution is 2.28. The number of ether oxygens (including phenoxy) is 1. The van der Waals surface area contributed by atoms with Crippen molar-refractivity contribution in [2.75, 3.05) is 0 Å². The number of nitrogens with one attached hydrogen (secondary N) is 3. The first-order valence-corrected chi connectivity index (χ1v) is 9.47. The second kappa shape index (κ2) is 7.64. The molecule has 2 heterocycles. The highest BCUT2D eigenvalue weighted by molar-refractivity contribution is 7.80. The minimum Gasteiger partial charge on any atom is -0.491 e. The average molecular weight is 382 g/mol. The van der Waals surface area contributed by atoms with Crippen LogP contribution in [0, 0.1) is 0 Å².